The van der Waals surface area contributed by atoms with Gasteiger partial charge in [0.1, 0.15) is 5.69 Å². The standard InChI is InChI=1S/C25H26ClN3O3/c1-25(2,3)18-8-4-17(5-9-18)24(31)27-14-22(30)29-13-12-20-21(15-29)28-32-23(20)16-6-10-19(26)11-7-16/h4-11H,12-15H2,1-3H3,(H,27,31). The molecular weight excluding hydrogens is 426 g/mol. The molecule has 0 bridgehead atoms. The molecule has 0 fully saturated rings. The fourth-order valence-electron chi connectivity index (χ4n) is 3.76. The summed E-state index contributed by atoms with van der Waals surface area (Å²) in [4.78, 5) is 26.8. The van der Waals surface area contributed by atoms with E-state index in [1.807, 2.05) is 36.4 Å². The Hall–Kier alpha value is -3.12. The molecule has 1 N–H and O–H groups in total. The van der Waals surface area contributed by atoms with E-state index in [2.05, 4.69) is 31.2 Å². The van der Waals surface area contributed by atoms with E-state index in [1.165, 1.54) is 0 Å². The zero-order valence-electron chi connectivity index (χ0n) is 18.4. The summed E-state index contributed by atoms with van der Waals surface area (Å²) in [5.74, 6) is 0.310. The molecule has 0 unspecified atom stereocenters. The van der Waals surface area contributed by atoms with Crippen molar-refractivity contribution >= 4 is 23.4 Å². The molecule has 1 aromatic heterocycles. The highest BCUT2D eigenvalue weighted by atomic mass is 35.5. The highest BCUT2D eigenvalue weighted by Crippen LogP contribution is 2.31. The van der Waals surface area contributed by atoms with Gasteiger partial charge in [0.25, 0.3) is 5.91 Å². The van der Waals surface area contributed by atoms with Crippen molar-refractivity contribution in [2.45, 2.75) is 39.2 Å². The second-order valence-corrected chi connectivity index (χ2v) is 9.46. The fraction of sp³-hybridized carbons (Fsp3) is 0.320. The van der Waals surface area contributed by atoms with Crippen molar-refractivity contribution in [3.63, 3.8) is 0 Å². The number of hydrogen-bond donors (Lipinski definition) is 1. The summed E-state index contributed by atoms with van der Waals surface area (Å²) in [6.45, 7) is 7.22. The second-order valence-electron chi connectivity index (χ2n) is 9.02. The largest absolute Gasteiger partial charge is 0.356 e. The Labute approximate surface area is 192 Å². The highest BCUT2D eigenvalue weighted by Gasteiger charge is 2.27. The van der Waals surface area contributed by atoms with Gasteiger partial charge in [-0.05, 0) is 53.8 Å². The molecule has 1 aliphatic rings. The average molecular weight is 452 g/mol. The molecule has 3 aromatic rings. The Morgan fingerprint density at radius 1 is 1.09 bits per heavy atom. The van der Waals surface area contributed by atoms with Crippen molar-refractivity contribution in [3.8, 4) is 11.3 Å². The third-order valence-electron chi connectivity index (χ3n) is 5.71. The number of carbonyl (C=O) groups excluding carboxylic acids is 2. The van der Waals surface area contributed by atoms with Crippen LogP contribution in [-0.4, -0.2) is 35.0 Å². The maximum Gasteiger partial charge on any atom is 0.251 e. The van der Waals surface area contributed by atoms with Crippen LogP contribution in [0.2, 0.25) is 5.02 Å². The molecule has 7 heteroatoms. The van der Waals surface area contributed by atoms with Gasteiger partial charge < -0.3 is 14.7 Å². The van der Waals surface area contributed by atoms with Crippen LogP contribution in [0.5, 0.6) is 0 Å². The first-order valence-corrected chi connectivity index (χ1v) is 11.0. The van der Waals surface area contributed by atoms with Crippen LogP contribution < -0.4 is 5.32 Å². The Morgan fingerprint density at radius 2 is 1.78 bits per heavy atom. The van der Waals surface area contributed by atoms with Gasteiger partial charge in [0.2, 0.25) is 5.91 Å². The van der Waals surface area contributed by atoms with Crippen LogP contribution in [0.3, 0.4) is 0 Å². The molecule has 1 aliphatic heterocycles. The monoisotopic (exact) mass is 451 g/mol. The predicted molar refractivity (Wildman–Crippen MR) is 124 cm³/mol. The Kier molecular flexibility index (Phi) is 6.07. The lowest BCUT2D eigenvalue weighted by Gasteiger charge is -2.26. The molecule has 0 saturated carbocycles. The van der Waals surface area contributed by atoms with Gasteiger partial charge in [0.05, 0.1) is 13.1 Å². The molecule has 0 radical (unpaired) electrons. The summed E-state index contributed by atoms with van der Waals surface area (Å²) in [6, 6.07) is 14.9. The number of aromatic nitrogens is 1. The summed E-state index contributed by atoms with van der Waals surface area (Å²) < 4.78 is 5.56. The molecule has 6 nitrogen and oxygen atoms in total. The zero-order chi connectivity index (χ0) is 22.9. The first-order valence-electron chi connectivity index (χ1n) is 10.6. The number of rotatable bonds is 4. The number of nitrogens with one attached hydrogen (secondary N) is 1. The minimum absolute atomic E-state index is 0.0205. The summed E-state index contributed by atoms with van der Waals surface area (Å²) >= 11 is 5.97. The molecule has 0 aliphatic carbocycles. The fourth-order valence-corrected chi connectivity index (χ4v) is 3.89. The van der Waals surface area contributed by atoms with Crippen molar-refractivity contribution in [1.29, 1.82) is 0 Å². The number of fused-ring (bicyclic) bond motifs is 1. The molecule has 4 rings (SSSR count). The third kappa shape index (κ3) is 4.70. The lowest BCUT2D eigenvalue weighted by Crippen LogP contribution is -2.42. The molecule has 2 amide bonds. The van der Waals surface area contributed by atoms with Crippen LogP contribution in [0, 0.1) is 0 Å². The van der Waals surface area contributed by atoms with Gasteiger partial charge in [-0.3, -0.25) is 9.59 Å². The first kappa shape index (κ1) is 22.1. The normalized spacial score (nSPS) is 13.6. The van der Waals surface area contributed by atoms with Gasteiger partial charge in [-0.2, -0.15) is 0 Å². The molecule has 32 heavy (non-hydrogen) atoms. The van der Waals surface area contributed by atoms with Gasteiger partial charge >= 0.3 is 0 Å². The maximum atomic E-state index is 12.7. The average Bonchev–Trinajstić information content (AvgIpc) is 3.20. The van der Waals surface area contributed by atoms with E-state index in [4.69, 9.17) is 16.1 Å². The van der Waals surface area contributed by atoms with Crippen molar-refractivity contribution in [2.75, 3.05) is 13.1 Å². The Morgan fingerprint density at radius 3 is 2.44 bits per heavy atom. The third-order valence-corrected chi connectivity index (χ3v) is 5.97. The van der Waals surface area contributed by atoms with Crippen molar-refractivity contribution in [3.05, 3.63) is 75.9 Å². The molecular formula is C25H26ClN3O3. The Balaban J connectivity index is 1.35. The Bertz CT molecular complexity index is 1130. The molecule has 2 heterocycles. The lowest BCUT2D eigenvalue weighted by molar-refractivity contribution is -0.131. The van der Waals surface area contributed by atoms with E-state index < -0.39 is 0 Å². The maximum absolute atomic E-state index is 12.7. The summed E-state index contributed by atoms with van der Waals surface area (Å²) in [5, 5.41) is 7.56. The number of hydrogen-bond acceptors (Lipinski definition) is 4. The van der Waals surface area contributed by atoms with Gasteiger partial charge in [0, 0.05) is 28.3 Å². The zero-order valence-corrected chi connectivity index (χ0v) is 19.2. The van der Waals surface area contributed by atoms with E-state index in [1.54, 1.807) is 17.0 Å². The van der Waals surface area contributed by atoms with Crippen LogP contribution in [0.1, 0.15) is 48.0 Å². The van der Waals surface area contributed by atoms with E-state index in [-0.39, 0.29) is 23.8 Å². The van der Waals surface area contributed by atoms with E-state index in [0.717, 1.165) is 28.1 Å². The van der Waals surface area contributed by atoms with Crippen molar-refractivity contribution in [1.82, 2.24) is 15.4 Å². The number of benzene rings is 2. The van der Waals surface area contributed by atoms with Gasteiger partial charge in [0.15, 0.2) is 5.76 Å². The van der Waals surface area contributed by atoms with Crippen LogP contribution in [-0.2, 0) is 23.2 Å². The number of amides is 2. The lowest BCUT2D eigenvalue weighted by atomic mass is 9.87. The molecule has 0 spiro atoms. The molecule has 0 atom stereocenters. The van der Waals surface area contributed by atoms with E-state index in [9.17, 15) is 9.59 Å². The molecule has 0 saturated heterocycles. The first-order chi connectivity index (χ1) is 15.2. The summed E-state index contributed by atoms with van der Waals surface area (Å²) in [7, 11) is 0. The quantitative estimate of drug-likeness (QED) is 0.628. The second kappa shape index (κ2) is 8.79. The minimum atomic E-state index is -0.261. The van der Waals surface area contributed by atoms with Gasteiger partial charge in [-0.25, -0.2) is 0 Å². The number of carbonyl (C=O) groups is 2. The molecule has 166 valence electrons. The van der Waals surface area contributed by atoms with E-state index in [0.29, 0.717) is 30.1 Å². The van der Waals surface area contributed by atoms with Crippen molar-refractivity contribution < 1.29 is 14.1 Å². The van der Waals surface area contributed by atoms with Crippen LogP contribution in [0.15, 0.2) is 53.1 Å². The van der Waals surface area contributed by atoms with Gasteiger partial charge in [-0.15, -0.1) is 0 Å². The van der Waals surface area contributed by atoms with Crippen LogP contribution in [0.25, 0.3) is 11.3 Å². The topological polar surface area (TPSA) is 75.4 Å². The number of nitrogens with zero attached hydrogens (tertiary/aromatic N) is 2. The summed E-state index contributed by atoms with van der Waals surface area (Å²) in [5.41, 5.74) is 4.38. The summed E-state index contributed by atoms with van der Waals surface area (Å²) in [6.07, 6.45) is 0.644. The van der Waals surface area contributed by atoms with Crippen molar-refractivity contribution in [2.24, 2.45) is 0 Å². The SMILES string of the molecule is CC(C)(C)c1ccc(C(=O)NCC(=O)N2CCc3c(noc3-c3ccc(Cl)cc3)C2)cc1. The van der Waals surface area contributed by atoms with Crippen LogP contribution in [0.4, 0.5) is 0 Å². The van der Waals surface area contributed by atoms with Crippen LogP contribution >= 0.6 is 11.6 Å². The predicted octanol–water partition coefficient (Wildman–Crippen LogP) is 4.61. The smallest absolute Gasteiger partial charge is 0.251 e. The van der Waals surface area contributed by atoms with E-state index >= 15 is 0 Å². The minimum Gasteiger partial charge on any atom is -0.356 e. The number of halogens is 1. The van der Waals surface area contributed by atoms with Gasteiger partial charge in [-0.1, -0.05) is 49.7 Å². The molecule has 2 aromatic carbocycles. The highest BCUT2D eigenvalue weighted by molar-refractivity contribution is 6.30.